The zero-order chi connectivity index (χ0) is 10.0. The minimum atomic E-state index is -0.455. The van der Waals surface area contributed by atoms with Crippen molar-refractivity contribution in [2.45, 2.75) is 25.1 Å². The van der Waals surface area contributed by atoms with Crippen molar-refractivity contribution >= 4 is 15.9 Å². The van der Waals surface area contributed by atoms with Gasteiger partial charge in [0.2, 0.25) is 0 Å². The molecule has 1 rings (SSSR count). The molecule has 0 amide bonds. The van der Waals surface area contributed by atoms with Crippen molar-refractivity contribution in [1.29, 1.82) is 0 Å². The van der Waals surface area contributed by atoms with E-state index in [2.05, 4.69) is 15.9 Å². The van der Waals surface area contributed by atoms with Gasteiger partial charge in [0.05, 0.1) is 0 Å². The van der Waals surface area contributed by atoms with E-state index in [0.717, 1.165) is 0 Å². The molecular weight excluding hydrogens is 238 g/mol. The van der Waals surface area contributed by atoms with E-state index in [4.69, 9.17) is 0 Å². The molecule has 0 N–H and O–H groups in total. The molecule has 1 aromatic rings. The van der Waals surface area contributed by atoms with E-state index in [1.807, 2.05) is 6.92 Å². The third-order valence-corrected chi connectivity index (χ3v) is 2.09. The van der Waals surface area contributed by atoms with Gasteiger partial charge in [0.15, 0.2) is 0 Å². The summed E-state index contributed by atoms with van der Waals surface area (Å²) in [7, 11) is 0. The van der Waals surface area contributed by atoms with Gasteiger partial charge in [-0.3, -0.25) is 0 Å². The summed E-state index contributed by atoms with van der Waals surface area (Å²) in [6.45, 7) is 3.53. The maximum Gasteiger partial charge on any atom is 0.129 e. The Bertz CT molecular complexity index is 285. The van der Waals surface area contributed by atoms with Gasteiger partial charge < -0.3 is 0 Å². The lowest BCUT2D eigenvalue weighted by Gasteiger charge is -2.07. The highest BCUT2D eigenvalue weighted by Crippen LogP contribution is 2.18. The van der Waals surface area contributed by atoms with Gasteiger partial charge in [-0.05, 0) is 31.0 Å². The van der Waals surface area contributed by atoms with E-state index in [0.29, 0.717) is 12.0 Å². The Morgan fingerprint density at radius 2 is 1.77 bits per heavy atom. The Balaban J connectivity index is 3.06. The summed E-state index contributed by atoms with van der Waals surface area (Å²) in [4.78, 5) is 0.0826. The molecule has 0 aliphatic rings. The Hall–Kier alpha value is -0.440. The number of hydrogen-bond acceptors (Lipinski definition) is 0. The second-order valence-corrected chi connectivity index (χ2v) is 4.76. The van der Waals surface area contributed by atoms with Gasteiger partial charge in [-0.1, -0.05) is 22.9 Å². The largest absolute Gasteiger partial charge is 0.207 e. The summed E-state index contributed by atoms with van der Waals surface area (Å²) in [5, 5.41) is 0. The lowest BCUT2D eigenvalue weighted by molar-refractivity contribution is 0.553. The highest BCUT2D eigenvalue weighted by molar-refractivity contribution is 9.09. The maximum atomic E-state index is 13.2. The van der Waals surface area contributed by atoms with Crippen LogP contribution in [-0.2, 0) is 6.42 Å². The van der Waals surface area contributed by atoms with Crippen LogP contribution >= 0.6 is 15.9 Å². The Morgan fingerprint density at radius 1 is 1.31 bits per heavy atom. The van der Waals surface area contributed by atoms with Gasteiger partial charge in [-0.15, -0.1) is 0 Å². The van der Waals surface area contributed by atoms with Gasteiger partial charge in [-0.2, -0.15) is 0 Å². The first kappa shape index (κ1) is 10.6. The van der Waals surface area contributed by atoms with Crippen LogP contribution in [0, 0.1) is 18.6 Å². The minimum Gasteiger partial charge on any atom is -0.207 e. The summed E-state index contributed by atoms with van der Waals surface area (Å²) < 4.78 is 26.4. The van der Waals surface area contributed by atoms with Crippen molar-refractivity contribution in [2.75, 3.05) is 0 Å². The van der Waals surface area contributed by atoms with E-state index in [-0.39, 0.29) is 10.4 Å². The molecule has 0 radical (unpaired) electrons. The molecule has 0 saturated carbocycles. The fraction of sp³-hybridized carbons (Fsp3) is 0.400. The zero-order valence-electron chi connectivity index (χ0n) is 7.57. The van der Waals surface area contributed by atoms with Crippen LogP contribution in [0.1, 0.15) is 18.1 Å². The van der Waals surface area contributed by atoms with Crippen LogP contribution in [0.2, 0.25) is 0 Å². The minimum absolute atomic E-state index is 0.0826. The summed E-state index contributed by atoms with van der Waals surface area (Å²) in [5.41, 5.74) is 0.774. The zero-order valence-corrected chi connectivity index (χ0v) is 9.16. The standard InChI is InChI=1S/C10H11BrF2/c1-6-3-9(12)8(5-7(2)11)10(13)4-6/h3-4,7H,5H2,1-2H3. The topological polar surface area (TPSA) is 0 Å². The quantitative estimate of drug-likeness (QED) is 0.702. The van der Waals surface area contributed by atoms with Crippen LogP contribution in [-0.4, -0.2) is 4.83 Å². The summed E-state index contributed by atoms with van der Waals surface area (Å²) in [5.74, 6) is -0.910. The van der Waals surface area contributed by atoms with Crippen molar-refractivity contribution in [3.63, 3.8) is 0 Å². The summed E-state index contributed by atoms with van der Waals surface area (Å²) in [6, 6.07) is 2.71. The average molecular weight is 249 g/mol. The molecule has 0 aliphatic carbocycles. The van der Waals surface area contributed by atoms with Crippen molar-refractivity contribution in [3.05, 3.63) is 34.9 Å². The molecule has 3 heteroatoms. The third kappa shape index (κ3) is 2.76. The number of benzene rings is 1. The lowest BCUT2D eigenvalue weighted by Crippen LogP contribution is -2.03. The number of aryl methyl sites for hydroxylation is 1. The number of hydrogen-bond donors (Lipinski definition) is 0. The molecule has 0 heterocycles. The first-order valence-corrected chi connectivity index (χ1v) is 5.01. The van der Waals surface area contributed by atoms with Gasteiger partial charge >= 0.3 is 0 Å². The van der Waals surface area contributed by atoms with E-state index in [1.54, 1.807) is 6.92 Å². The van der Waals surface area contributed by atoms with Crippen LogP contribution in [0.4, 0.5) is 8.78 Å². The molecule has 0 nitrogen and oxygen atoms in total. The van der Waals surface area contributed by atoms with E-state index in [9.17, 15) is 8.78 Å². The van der Waals surface area contributed by atoms with Crippen LogP contribution in [0.25, 0.3) is 0 Å². The highest BCUT2D eigenvalue weighted by Gasteiger charge is 2.11. The number of alkyl halides is 1. The third-order valence-electron chi connectivity index (χ3n) is 1.77. The molecule has 0 spiro atoms. The van der Waals surface area contributed by atoms with Gasteiger partial charge in [0, 0.05) is 10.4 Å². The monoisotopic (exact) mass is 248 g/mol. The van der Waals surface area contributed by atoms with Gasteiger partial charge in [0.25, 0.3) is 0 Å². The number of halogens is 3. The number of rotatable bonds is 2. The van der Waals surface area contributed by atoms with E-state index in [1.165, 1.54) is 12.1 Å². The fourth-order valence-electron chi connectivity index (χ4n) is 1.21. The molecule has 0 aromatic heterocycles. The predicted molar refractivity (Wildman–Crippen MR) is 53.2 cm³/mol. The molecule has 1 aromatic carbocycles. The molecule has 0 aliphatic heterocycles. The maximum absolute atomic E-state index is 13.2. The average Bonchev–Trinajstić information content (AvgIpc) is 1.96. The van der Waals surface area contributed by atoms with Crippen molar-refractivity contribution < 1.29 is 8.78 Å². The fourth-order valence-corrected chi connectivity index (χ4v) is 1.53. The summed E-state index contributed by atoms with van der Waals surface area (Å²) in [6.07, 6.45) is 0.373. The first-order chi connectivity index (χ1) is 6.00. The first-order valence-electron chi connectivity index (χ1n) is 4.09. The van der Waals surface area contributed by atoms with E-state index < -0.39 is 11.6 Å². The van der Waals surface area contributed by atoms with Crippen LogP contribution in [0.5, 0.6) is 0 Å². The normalized spacial score (nSPS) is 13.0. The highest BCUT2D eigenvalue weighted by atomic mass is 79.9. The van der Waals surface area contributed by atoms with Gasteiger partial charge in [0.1, 0.15) is 11.6 Å². The Morgan fingerprint density at radius 3 is 2.15 bits per heavy atom. The predicted octanol–water partition coefficient (Wildman–Crippen LogP) is 3.60. The Kier molecular flexibility index (Phi) is 3.42. The second kappa shape index (κ2) is 4.18. The molecule has 13 heavy (non-hydrogen) atoms. The van der Waals surface area contributed by atoms with E-state index >= 15 is 0 Å². The van der Waals surface area contributed by atoms with Gasteiger partial charge in [-0.25, -0.2) is 8.78 Å². The van der Waals surface area contributed by atoms with Crippen molar-refractivity contribution in [2.24, 2.45) is 0 Å². The Labute approximate surface area is 85.1 Å². The lowest BCUT2D eigenvalue weighted by atomic mass is 10.1. The molecule has 0 fully saturated rings. The molecule has 0 saturated heterocycles. The van der Waals surface area contributed by atoms with Crippen molar-refractivity contribution in [1.82, 2.24) is 0 Å². The molecule has 1 atom stereocenters. The molecule has 72 valence electrons. The summed E-state index contributed by atoms with van der Waals surface area (Å²) >= 11 is 3.26. The van der Waals surface area contributed by atoms with Crippen LogP contribution in [0.3, 0.4) is 0 Å². The van der Waals surface area contributed by atoms with Crippen LogP contribution in [0.15, 0.2) is 12.1 Å². The molecule has 0 bridgehead atoms. The molecule has 1 unspecified atom stereocenters. The SMILES string of the molecule is Cc1cc(F)c(CC(C)Br)c(F)c1. The smallest absolute Gasteiger partial charge is 0.129 e. The second-order valence-electron chi connectivity index (χ2n) is 3.19. The van der Waals surface area contributed by atoms with Crippen LogP contribution < -0.4 is 0 Å². The van der Waals surface area contributed by atoms with Crippen molar-refractivity contribution in [3.8, 4) is 0 Å². The molecular formula is C10H11BrF2.